The molecule has 128 valence electrons. The Bertz CT molecular complexity index is 733. The number of urea groups is 1. The molecule has 0 aliphatic carbocycles. The van der Waals surface area contributed by atoms with Crippen molar-refractivity contribution in [2.24, 2.45) is 0 Å². The zero-order valence-corrected chi connectivity index (χ0v) is 14.1. The summed E-state index contributed by atoms with van der Waals surface area (Å²) in [5, 5.41) is 18.8. The third kappa shape index (κ3) is 5.14. The third-order valence-corrected chi connectivity index (χ3v) is 4.02. The largest absolute Gasteiger partial charge is 0.481 e. The number of hydrogen-bond acceptors (Lipinski definition) is 3. The van der Waals surface area contributed by atoms with Crippen molar-refractivity contribution < 1.29 is 14.7 Å². The average molecular weight is 371 g/mol. The van der Waals surface area contributed by atoms with Crippen LogP contribution in [0.5, 0.6) is 0 Å². The monoisotopic (exact) mass is 370 g/mol. The van der Waals surface area contributed by atoms with Gasteiger partial charge >= 0.3 is 12.0 Å². The van der Waals surface area contributed by atoms with E-state index in [9.17, 15) is 9.59 Å². The lowest BCUT2D eigenvalue weighted by Crippen LogP contribution is -2.30. The normalized spacial score (nSPS) is 10.4. The molecule has 1 heterocycles. The van der Waals surface area contributed by atoms with Gasteiger partial charge in [-0.05, 0) is 18.1 Å². The van der Waals surface area contributed by atoms with Crippen molar-refractivity contribution in [3.63, 3.8) is 0 Å². The highest BCUT2D eigenvalue weighted by Gasteiger charge is 2.10. The number of carboxylic acid groups (broad SMARTS) is 1. The van der Waals surface area contributed by atoms with Gasteiger partial charge in [0.05, 0.1) is 22.8 Å². The number of hydrogen-bond donors (Lipinski definition) is 3. The Morgan fingerprint density at radius 1 is 1.25 bits per heavy atom. The number of aromatic nitrogens is 2. The van der Waals surface area contributed by atoms with E-state index in [1.165, 1.54) is 0 Å². The van der Waals surface area contributed by atoms with Crippen LogP contribution in [0, 0.1) is 0 Å². The van der Waals surface area contributed by atoms with E-state index >= 15 is 0 Å². The van der Waals surface area contributed by atoms with Gasteiger partial charge in [-0.2, -0.15) is 5.10 Å². The van der Waals surface area contributed by atoms with Crippen LogP contribution in [-0.4, -0.2) is 33.4 Å². The molecule has 0 fully saturated rings. The maximum atomic E-state index is 11.8. The molecule has 3 N–H and O–H groups in total. The third-order valence-electron chi connectivity index (χ3n) is 3.16. The Morgan fingerprint density at radius 2 is 2.04 bits per heavy atom. The average Bonchev–Trinajstić information content (AvgIpc) is 2.95. The number of carbonyl (C=O) groups is 2. The van der Waals surface area contributed by atoms with Gasteiger partial charge in [0, 0.05) is 19.0 Å². The van der Waals surface area contributed by atoms with Gasteiger partial charge in [0.2, 0.25) is 0 Å². The van der Waals surface area contributed by atoms with Crippen LogP contribution < -0.4 is 10.6 Å². The Balaban J connectivity index is 1.94. The molecule has 0 spiro atoms. The summed E-state index contributed by atoms with van der Waals surface area (Å²) in [5.41, 5.74) is 0.776. The van der Waals surface area contributed by atoms with Crippen molar-refractivity contribution >= 4 is 41.0 Å². The van der Waals surface area contributed by atoms with Crippen molar-refractivity contribution in [2.75, 3.05) is 11.9 Å². The smallest absolute Gasteiger partial charge is 0.320 e. The van der Waals surface area contributed by atoms with Gasteiger partial charge in [-0.1, -0.05) is 35.3 Å². The molecule has 1 aromatic heterocycles. The fraction of sp³-hybridized carbons (Fsp3) is 0.267. The lowest BCUT2D eigenvalue weighted by Gasteiger charge is -2.11. The molecule has 2 rings (SSSR count). The summed E-state index contributed by atoms with van der Waals surface area (Å²) in [7, 11) is 0. The molecule has 0 bridgehead atoms. The molecular weight excluding hydrogens is 355 g/mol. The number of rotatable bonds is 7. The first-order valence-corrected chi connectivity index (χ1v) is 7.94. The SMILES string of the molecule is O=C(O)CCCNC(=O)Nc1ccnn1Cc1cccc(Cl)c1Cl. The van der Waals surface area contributed by atoms with Gasteiger partial charge in [0.15, 0.2) is 0 Å². The van der Waals surface area contributed by atoms with Crippen LogP contribution >= 0.6 is 23.2 Å². The standard InChI is InChI=1S/C15H16Cl2N4O3/c16-11-4-1-3-10(14(11)17)9-21-12(6-8-19-21)20-15(24)18-7-2-5-13(22)23/h1,3-4,6,8H,2,5,7,9H2,(H,22,23)(H2,18,20,24). The minimum absolute atomic E-state index is 0.00543. The molecule has 0 unspecified atom stereocenters. The van der Waals surface area contributed by atoms with Crippen LogP contribution in [0.2, 0.25) is 10.0 Å². The molecule has 7 nitrogen and oxygen atoms in total. The fourth-order valence-corrected chi connectivity index (χ4v) is 2.38. The quantitative estimate of drug-likeness (QED) is 0.651. The zero-order chi connectivity index (χ0) is 17.5. The summed E-state index contributed by atoms with van der Waals surface area (Å²) in [4.78, 5) is 22.2. The maximum absolute atomic E-state index is 11.8. The summed E-state index contributed by atoms with van der Waals surface area (Å²) in [5.74, 6) is -0.407. The minimum atomic E-state index is -0.895. The second-order valence-electron chi connectivity index (χ2n) is 4.97. The predicted octanol–water partition coefficient (Wildman–Crippen LogP) is 3.22. The molecule has 0 atom stereocenters. The fourth-order valence-electron chi connectivity index (χ4n) is 2.00. The van der Waals surface area contributed by atoms with Gasteiger partial charge in [-0.25, -0.2) is 9.48 Å². The van der Waals surface area contributed by atoms with E-state index in [1.54, 1.807) is 29.1 Å². The number of carboxylic acids is 1. The number of nitrogens with zero attached hydrogens (tertiary/aromatic N) is 2. The van der Waals surface area contributed by atoms with E-state index in [-0.39, 0.29) is 13.0 Å². The summed E-state index contributed by atoms with van der Waals surface area (Å²) >= 11 is 12.1. The zero-order valence-electron chi connectivity index (χ0n) is 12.6. The number of nitrogens with one attached hydrogen (secondary N) is 2. The van der Waals surface area contributed by atoms with E-state index in [1.807, 2.05) is 6.07 Å². The first kappa shape index (κ1) is 18.1. The summed E-state index contributed by atoms with van der Waals surface area (Å²) in [6.45, 7) is 0.618. The van der Waals surface area contributed by atoms with Crippen LogP contribution in [0.3, 0.4) is 0 Å². The van der Waals surface area contributed by atoms with Crippen molar-refractivity contribution in [1.29, 1.82) is 0 Å². The number of aliphatic carboxylic acids is 1. The second-order valence-corrected chi connectivity index (χ2v) is 5.75. The minimum Gasteiger partial charge on any atom is -0.481 e. The highest BCUT2D eigenvalue weighted by molar-refractivity contribution is 6.42. The molecule has 0 saturated heterocycles. The van der Waals surface area contributed by atoms with Crippen molar-refractivity contribution in [2.45, 2.75) is 19.4 Å². The van der Waals surface area contributed by atoms with E-state index in [0.29, 0.717) is 28.8 Å². The lowest BCUT2D eigenvalue weighted by atomic mass is 10.2. The van der Waals surface area contributed by atoms with Crippen LogP contribution in [0.4, 0.5) is 10.6 Å². The number of amides is 2. The predicted molar refractivity (Wildman–Crippen MR) is 91.7 cm³/mol. The lowest BCUT2D eigenvalue weighted by molar-refractivity contribution is -0.137. The first-order chi connectivity index (χ1) is 11.5. The molecule has 1 aromatic carbocycles. The molecule has 24 heavy (non-hydrogen) atoms. The van der Waals surface area contributed by atoms with Crippen LogP contribution in [0.1, 0.15) is 18.4 Å². The van der Waals surface area contributed by atoms with Gasteiger partial charge in [0.25, 0.3) is 0 Å². The van der Waals surface area contributed by atoms with Crippen molar-refractivity contribution in [1.82, 2.24) is 15.1 Å². The van der Waals surface area contributed by atoms with Crippen molar-refractivity contribution in [3.8, 4) is 0 Å². The Morgan fingerprint density at radius 3 is 2.79 bits per heavy atom. The number of carbonyl (C=O) groups excluding carboxylic acids is 1. The van der Waals surface area contributed by atoms with Gasteiger partial charge in [-0.15, -0.1) is 0 Å². The highest BCUT2D eigenvalue weighted by Crippen LogP contribution is 2.26. The van der Waals surface area contributed by atoms with Crippen LogP contribution in [0.25, 0.3) is 0 Å². The second kappa shape index (κ2) is 8.56. The van der Waals surface area contributed by atoms with Crippen LogP contribution in [-0.2, 0) is 11.3 Å². The van der Waals surface area contributed by atoms with Crippen molar-refractivity contribution in [3.05, 3.63) is 46.1 Å². The summed E-state index contributed by atoms with van der Waals surface area (Å²) in [6, 6.07) is 6.52. The van der Waals surface area contributed by atoms with E-state index in [2.05, 4.69) is 15.7 Å². The molecule has 0 aliphatic heterocycles. The van der Waals surface area contributed by atoms with Gasteiger partial charge in [0.1, 0.15) is 5.82 Å². The number of anilines is 1. The van der Waals surface area contributed by atoms with E-state index in [0.717, 1.165) is 5.56 Å². The topological polar surface area (TPSA) is 96.2 Å². The van der Waals surface area contributed by atoms with Gasteiger partial charge < -0.3 is 10.4 Å². The molecule has 0 saturated carbocycles. The molecule has 0 aliphatic rings. The number of benzene rings is 1. The molecule has 2 aromatic rings. The molecular formula is C15H16Cl2N4O3. The van der Waals surface area contributed by atoms with Gasteiger partial charge in [-0.3, -0.25) is 10.1 Å². The van der Waals surface area contributed by atoms with Crippen LogP contribution in [0.15, 0.2) is 30.5 Å². The highest BCUT2D eigenvalue weighted by atomic mass is 35.5. The van der Waals surface area contributed by atoms with E-state index < -0.39 is 12.0 Å². The Kier molecular flexibility index (Phi) is 6.45. The summed E-state index contributed by atoms with van der Waals surface area (Å²) in [6.07, 6.45) is 1.92. The summed E-state index contributed by atoms with van der Waals surface area (Å²) < 4.78 is 1.58. The number of halogens is 2. The Hall–Kier alpha value is -2.25. The Labute approximate surface area is 148 Å². The molecule has 9 heteroatoms. The maximum Gasteiger partial charge on any atom is 0.320 e. The molecule has 2 amide bonds. The first-order valence-electron chi connectivity index (χ1n) is 7.18. The molecule has 0 radical (unpaired) electrons. The van der Waals surface area contributed by atoms with E-state index in [4.69, 9.17) is 28.3 Å².